The van der Waals surface area contributed by atoms with E-state index in [1.54, 1.807) is 31.8 Å². The van der Waals surface area contributed by atoms with E-state index < -0.39 is 8.32 Å². The van der Waals surface area contributed by atoms with E-state index in [0.29, 0.717) is 30.5 Å². The Kier molecular flexibility index (Phi) is 5.98. The van der Waals surface area contributed by atoms with Gasteiger partial charge in [0.15, 0.2) is 20.0 Å². The molecule has 32 heavy (non-hydrogen) atoms. The summed E-state index contributed by atoms with van der Waals surface area (Å²) >= 11 is 0. The van der Waals surface area contributed by atoms with Crippen LogP contribution in [-0.2, 0) is 11.0 Å². The molecule has 172 valence electrons. The molecule has 2 aromatic rings. The fourth-order valence-electron chi connectivity index (χ4n) is 3.77. The number of hydrogen-bond donors (Lipinski definition) is 0. The van der Waals surface area contributed by atoms with Crippen LogP contribution in [0.3, 0.4) is 0 Å². The fourth-order valence-corrected chi connectivity index (χ4v) is 4.72. The summed E-state index contributed by atoms with van der Waals surface area (Å²) in [6.45, 7) is 14.1. The highest BCUT2D eigenvalue weighted by Gasteiger charge is 2.37. The van der Waals surface area contributed by atoms with E-state index in [0.717, 1.165) is 18.8 Å². The molecule has 4 rings (SSSR count). The lowest BCUT2D eigenvalue weighted by molar-refractivity contribution is 0.271. The minimum atomic E-state index is -1.96. The number of methoxy groups -OCH3 is 1. The molecule has 0 N–H and O–H groups in total. The number of nitrogens with zero attached hydrogens (tertiary/aromatic N) is 5. The Bertz CT molecular complexity index is 1000. The lowest BCUT2D eigenvalue weighted by Crippen LogP contribution is -2.40. The summed E-state index contributed by atoms with van der Waals surface area (Å²) in [5, 5.41) is 0.0831. The molecule has 2 aliphatic heterocycles. The molecule has 0 aromatic carbocycles. The third-order valence-corrected chi connectivity index (χ3v) is 11.3. The van der Waals surface area contributed by atoms with Crippen molar-refractivity contribution in [2.45, 2.75) is 45.5 Å². The van der Waals surface area contributed by atoms with Gasteiger partial charge in [0.1, 0.15) is 0 Å². The van der Waals surface area contributed by atoms with Crippen molar-refractivity contribution in [3.05, 3.63) is 47.2 Å². The van der Waals surface area contributed by atoms with E-state index in [4.69, 9.17) is 9.16 Å². The van der Waals surface area contributed by atoms with Crippen molar-refractivity contribution in [1.29, 1.82) is 0 Å². The number of pyridine rings is 1. The molecule has 4 heterocycles. The molecular weight excluding hydrogens is 425 g/mol. The lowest BCUT2D eigenvalue weighted by atomic mass is 10.2. The van der Waals surface area contributed by atoms with Crippen molar-refractivity contribution in [3.8, 4) is 6.01 Å². The van der Waals surface area contributed by atoms with E-state index in [9.17, 15) is 0 Å². The molecule has 2 aliphatic rings. The van der Waals surface area contributed by atoms with Crippen molar-refractivity contribution < 1.29 is 13.6 Å². The van der Waals surface area contributed by atoms with Gasteiger partial charge in [0.05, 0.1) is 31.8 Å². The molecule has 0 unspecified atom stereocenters. The highest BCUT2D eigenvalue weighted by atomic mass is 28.4. The maximum atomic E-state index is 15.4. The third-order valence-electron chi connectivity index (χ3n) is 6.83. The average Bonchev–Trinajstić information content (AvgIpc) is 3.31. The van der Waals surface area contributed by atoms with Crippen molar-refractivity contribution >= 4 is 19.8 Å². The number of anilines is 2. The van der Waals surface area contributed by atoms with Crippen LogP contribution >= 0.6 is 0 Å². The van der Waals surface area contributed by atoms with E-state index in [1.807, 2.05) is 4.90 Å². The average molecular weight is 458 g/mol. The Morgan fingerprint density at radius 1 is 1.00 bits per heavy atom. The maximum Gasteiger partial charge on any atom is 0.316 e. The topological polar surface area (TPSA) is 63.6 Å². The molecule has 2 aromatic heterocycles. The summed E-state index contributed by atoms with van der Waals surface area (Å²) in [5.41, 5.74) is 4.15. The van der Waals surface area contributed by atoms with Crippen LogP contribution in [0.5, 0.6) is 6.01 Å². The van der Waals surface area contributed by atoms with Gasteiger partial charge in [-0.1, -0.05) is 20.8 Å². The van der Waals surface area contributed by atoms with Crippen LogP contribution in [0, 0.1) is 5.82 Å². The van der Waals surface area contributed by atoms with Crippen molar-refractivity contribution in [3.63, 3.8) is 0 Å². The first-order chi connectivity index (χ1) is 15.1. The third kappa shape index (κ3) is 4.36. The van der Waals surface area contributed by atoms with E-state index >= 15 is 4.39 Å². The summed E-state index contributed by atoms with van der Waals surface area (Å²) in [5.74, 6) is 0.142. The number of ether oxygens (including phenoxy) is 1. The van der Waals surface area contributed by atoms with Gasteiger partial charge in [-0.05, 0) is 35.3 Å². The second kappa shape index (κ2) is 8.44. The van der Waals surface area contributed by atoms with E-state index in [-0.39, 0.29) is 17.5 Å². The van der Waals surface area contributed by atoms with Crippen LogP contribution in [-0.4, -0.2) is 56.6 Å². The number of aromatic nitrogens is 3. The fraction of sp³-hybridized carbons (Fsp3) is 0.522. The summed E-state index contributed by atoms with van der Waals surface area (Å²) in [4.78, 5) is 17.0. The molecule has 0 bridgehead atoms. The van der Waals surface area contributed by atoms with Gasteiger partial charge in [0, 0.05) is 37.9 Å². The van der Waals surface area contributed by atoms with Gasteiger partial charge < -0.3 is 19.0 Å². The summed E-state index contributed by atoms with van der Waals surface area (Å²) in [6.07, 6.45) is 5.24. The highest BCUT2D eigenvalue weighted by molar-refractivity contribution is 6.74. The van der Waals surface area contributed by atoms with Crippen molar-refractivity contribution in [2.75, 3.05) is 43.1 Å². The van der Waals surface area contributed by atoms with Gasteiger partial charge in [-0.25, -0.2) is 19.3 Å². The molecule has 9 heteroatoms. The molecule has 0 saturated heterocycles. The quantitative estimate of drug-likeness (QED) is 0.476. The summed E-state index contributed by atoms with van der Waals surface area (Å²) in [7, 11) is -0.404. The predicted molar refractivity (Wildman–Crippen MR) is 126 cm³/mol. The molecule has 0 aliphatic carbocycles. The van der Waals surface area contributed by atoms with Crippen LogP contribution in [0.15, 0.2) is 35.8 Å². The molecule has 0 atom stereocenters. The Balaban J connectivity index is 1.41. The first-order valence-electron chi connectivity index (χ1n) is 10.9. The van der Waals surface area contributed by atoms with Crippen LogP contribution in [0.4, 0.5) is 15.9 Å². The van der Waals surface area contributed by atoms with Crippen LogP contribution in [0.2, 0.25) is 18.1 Å². The predicted octanol–water partition coefficient (Wildman–Crippen LogP) is 4.18. The number of halogens is 1. The minimum Gasteiger partial charge on any atom is -0.467 e. The van der Waals surface area contributed by atoms with Crippen LogP contribution < -0.4 is 14.5 Å². The second-order valence-electron chi connectivity index (χ2n) is 10.0. The zero-order valence-corrected chi connectivity index (χ0v) is 20.8. The zero-order chi connectivity index (χ0) is 23.1. The Morgan fingerprint density at radius 3 is 2.16 bits per heavy atom. The largest absolute Gasteiger partial charge is 0.467 e. The normalized spacial score (nSPS) is 16.7. The smallest absolute Gasteiger partial charge is 0.316 e. The van der Waals surface area contributed by atoms with Crippen LogP contribution in [0.25, 0.3) is 0 Å². The summed E-state index contributed by atoms with van der Waals surface area (Å²) in [6, 6.07) is 2.09. The second-order valence-corrected chi connectivity index (χ2v) is 14.8. The first-order valence-corrected chi connectivity index (χ1v) is 13.8. The van der Waals surface area contributed by atoms with E-state index in [1.165, 1.54) is 11.1 Å². The van der Waals surface area contributed by atoms with Gasteiger partial charge in [-0.2, -0.15) is 0 Å². The Hall–Kier alpha value is -2.52. The molecular formula is C23H32FN5O2Si. The molecule has 0 radical (unpaired) electrons. The minimum absolute atomic E-state index is 0.0831. The van der Waals surface area contributed by atoms with Gasteiger partial charge >= 0.3 is 6.01 Å². The van der Waals surface area contributed by atoms with Gasteiger partial charge in [0.25, 0.3) is 0 Å². The van der Waals surface area contributed by atoms with E-state index in [2.05, 4.69) is 53.7 Å². The Morgan fingerprint density at radius 2 is 1.59 bits per heavy atom. The molecule has 7 nitrogen and oxygen atoms in total. The SMILES string of the molecule is COc1ncc(N2CC3=C(C2)CN(c2nccc(CO[Si](C)(C)C(C)(C)C)c2F)C3)cn1. The van der Waals surface area contributed by atoms with Gasteiger partial charge in [-0.3, -0.25) is 0 Å². The van der Waals surface area contributed by atoms with Crippen molar-refractivity contribution in [2.24, 2.45) is 0 Å². The molecule has 0 fully saturated rings. The lowest BCUT2D eigenvalue weighted by Gasteiger charge is -2.36. The molecule has 0 saturated carbocycles. The first kappa shape index (κ1) is 22.7. The zero-order valence-electron chi connectivity index (χ0n) is 19.8. The monoisotopic (exact) mass is 457 g/mol. The highest BCUT2D eigenvalue weighted by Crippen LogP contribution is 2.38. The number of hydrogen-bond acceptors (Lipinski definition) is 7. The van der Waals surface area contributed by atoms with Gasteiger partial charge in [-0.15, -0.1) is 0 Å². The maximum absolute atomic E-state index is 15.4. The van der Waals surface area contributed by atoms with Crippen LogP contribution in [0.1, 0.15) is 26.3 Å². The molecule has 0 amide bonds. The summed E-state index contributed by atoms with van der Waals surface area (Å²) < 4.78 is 26.6. The number of rotatable bonds is 6. The standard InChI is InChI=1S/C23H32FN5O2Si/c1-23(2,3)32(5,6)31-15-16-7-8-25-21(20(16)24)29-13-17-11-28(12-18(17)14-29)19-9-26-22(30-4)27-10-19/h7-10H,11-15H2,1-6H3. The Labute approximate surface area is 190 Å². The van der Waals surface area contributed by atoms with Crippen molar-refractivity contribution in [1.82, 2.24) is 15.0 Å². The van der Waals surface area contributed by atoms with Gasteiger partial charge in [0.2, 0.25) is 0 Å². The molecule has 0 spiro atoms.